The van der Waals surface area contributed by atoms with E-state index in [4.69, 9.17) is 4.74 Å². The molecule has 0 fully saturated rings. The molecule has 0 spiro atoms. The minimum absolute atomic E-state index is 0.233. The predicted molar refractivity (Wildman–Crippen MR) is 50.0 cm³/mol. The van der Waals surface area contributed by atoms with Gasteiger partial charge in [-0.3, -0.25) is 0 Å². The Morgan fingerprint density at radius 2 is 2.23 bits per heavy atom. The largest absolute Gasteiger partial charge is 0.462 e. The van der Waals surface area contributed by atoms with E-state index < -0.39 is 0 Å². The standard InChI is InChI=1S/C11H10O2/c1-2-13-11(12)10-7-6-8-4-3-5-9(8)10/h3-7H,2H2,1H3. The van der Waals surface area contributed by atoms with Crippen molar-refractivity contribution >= 4 is 5.97 Å². The SMILES string of the molecule is CCOC(=O)C1=CC=C2C=CC=C21. The predicted octanol–water partition coefficient (Wildman–Crippen LogP) is 1.91. The zero-order chi connectivity index (χ0) is 9.26. The Bertz CT molecular complexity index is 368. The summed E-state index contributed by atoms with van der Waals surface area (Å²) in [5, 5.41) is 0. The van der Waals surface area contributed by atoms with E-state index in [9.17, 15) is 4.79 Å². The molecule has 66 valence electrons. The highest BCUT2D eigenvalue weighted by Crippen LogP contribution is 2.31. The van der Waals surface area contributed by atoms with Crippen LogP contribution in [0, 0.1) is 0 Å². The van der Waals surface area contributed by atoms with E-state index in [0.717, 1.165) is 11.1 Å². The second-order valence-corrected chi connectivity index (χ2v) is 2.86. The molecule has 2 aliphatic carbocycles. The summed E-state index contributed by atoms with van der Waals surface area (Å²) < 4.78 is 4.92. The van der Waals surface area contributed by atoms with Crippen LogP contribution in [0.3, 0.4) is 0 Å². The monoisotopic (exact) mass is 174 g/mol. The molecule has 0 aromatic heterocycles. The fourth-order valence-electron chi connectivity index (χ4n) is 1.47. The van der Waals surface area contributed by atoms with Crippen LogP contribution in [-0.4, -0.2) is 12.6 Å². The molecule has 0 atom stereocenters. The van der Waals surface area contributed by atoms with Gasteiger partial charge >= 0.3 is 5.97 Å². The normalized spacial score (nSPS) is 17.8. The Morgan fingerprint density at radius 3 is 3.00 bits per heavy atom. The number of rotatable bonds is 2. The summed E-state index contributed by atoms with van der Waals surface area (Å²) in [7, 11) is 0. The molecule has 2 nitrogen and oxygen atoms in total. The van der Waals surface area contributed by atoms with Crippen LogP contribution in [0.5, 0.6) is 0 Å². The van der Waals surface area contributed by atoms with Gasteiger partial charge in [-0.25, -0.2) is 4.79 Å². The summed E-state index contributed by atoms with van der Waals surface area (Å²) in [5.41, 5.74) is 2.75. The van der Waals surface area contributed by atoms with Crippen molar-refractivity contribution in [3.8, 4) is 0 Å². The highest BCUT2D eigenvalue weighted by Gasteiger charge is 2.22. The molecule has 13 heavy (non-hydrogen) atoms. The fourth-order valence-corrected chi connectivity index (χ4v) is 1.47. The van der Waals surface area contributed by atoms with Crippen molar-refractivity contribution in [2.45, 2.75) is 6.92 Å². The number of ether oxygens (including phenoxy) is 1. The maximum atomic E-state index is 11.4. The topological polar surface area (TPSA) is 26.3 Å². The zero-order valence-corrected chi connectivity index (χ0v) is 7.41. The van der Waals surface area contributed by atoms with Crippen molar-refractivity contribution < 1.29 is 9.53 Å². The molecule has 2 heteroatoms. The van der Waals surface area contributed by atoms with Crippen molar-refractivity contribution in [3.63, 3.8) is 0 Å². The fraction of sp³-hybridized carbons (Fsp3) is 0.182. The number of allylic oxidation sites excluding steroid dienone is 6. The minimum atomic E-state index is -0.233. The highest BCUT2D eigenvalue weighted by molar-refractivity contribution is 5.98. The van der Waals surface area contributed by atoms with E-state index in [0.29, 0.717) is 12.2 Å². The van der Waals surface area contributed by atoms with Crippen LogP contribution in [0.1, 0.15) is 6.92 Å². The minimum Gasteiger partial charge on any atom is -0.462 e. The van der Waals surface area contributed by atoms with Crippen molar-refractivity contribution in [2.75, 3.05) is 6.61 Å². The van der Waals surface area contributed by atoms with Crippen LogP contribution in [-0.2, 0) is 9.53 Å². The van der Waals surface area contributed by atoms with Gasteiger partial charge in [-0.05, 0) is 24.1 Å². The van der Waals surface area contributed by atoms with Gasteiger partial charge in [-0.1, -0.05) is 24.3 Å². The molecular formula is C11H10O2. The molecule has 2 rings (SSSR count). The molecule has 0 radical (unpaired) electrons. The molecule has 0 aromatic carbocycles. The molecule has 2 aliphatic rings. The summed E-state index contributed by atoms with van der Waals surface area (Å²) >= 11 is 0. The second-order valence-electron chi connectivity index (χ2n) is 2.86. The molecule has 0 saturated carbocycles. The summed E-state index contributed by atoms with van der Waals surface area (Å²) in [6.07, 6.45) is 9.59. The van der Waals surface area contributed by atoms with Crippen LogP contribution in [0.15, 0.2) is 47.1 Å². The Labute approximate surface area is 76.9 Å². The third-order valence-corrected chi connectivity index (χ3v) is 2.06. The van der Waals surface area contributed by atoms with E-state index in [1.54, 1.807) is 0 Å². The van der Waals surface area contributed by atoms with Crippen LogP contribution in [0.25, 0.3) is 0 Å². The lowest BCUT2D eigenvalue weighted by molar-refractivity contribution is -0.138. The van der Waals surface area contributed by atoms with E-state index in [1.807, 2.05) is 37.3 Å². The lowest BCUT2D eigenvalue weighted by atomic mass is 10.1. The quantitative estimate of drug-likeness (QED) is 0.598. The first kappa shape index (κ1) is 8.05. The summed E-state index contributed by atoms with van der Waals surface area (Å²) in [5.74, 6) is -0.233. The third kappa shape index (κ3) is 1.24. The first-order valence-corrected chi connectivity index (χ1v) is 4.31. The van der Waals surface area contributed by atoms with Gasteiger partial charge in [0.25, 0.3) is 0 Å². The van der Waals surface area contributed by atoms with Crippen molar-refractivity contribution in [3.05, 3.63) is 47.1 Å². The molecular weight excluding hydrogens is 164 g/mol. The number of esters is 1. The lowest BCUT2D eigenvalue weighted by Gasteiger charge is -2.04. The molecule has 0 amide bonds. The Balaban J connectivity index is 2.18. The molecule has 0 aromatic rings. The van der Waals surface area contributed by atoms with Gasteiger partial charge in [0.2, 0.25) is 0 Å². The van der Waals surface area contributed by atoms with Crippen LogP contribution >= 0.6 is 0 Å². The van der Waals surface area contributed by atoms with Crippen LogP contribution in [0.2, 0.25) is 0 Å². The number of hydrogen-bond donors (Lipinski definition) is 0. The molecule has 0 heterocycles. The highest BCUT2D eigenvalue weighted by atomic mass is 16.5. The maximum absolute atomic E-state index is 11.4. The number of hydrogen-bond acceptors (Lipinski definition) is 2. The lowest BCUT2D eigenvalue weighted by Crippen LogP contribution is -2.07. The average Bonchev–Trinajstić information content (AvgIpc) is 2.62. The smallest absolute Gasteiger partial charge is 0.338 e. The Kier molecular flexibility index (Phi) is 1.89. The van der Waals surface area contributed by atoms with Crippen molar-refractivity contribution in [1.29, 1.82) is 0 Å². The third-order valence-electron chi connectivity index (χ3n) is 2.06. The van der Waals surface area contributed by atoms with Gasteiger partial charge in [0.1, 0.15) is 0 Å². The van der Waals surface area contributed by atoms with Gasteiger partial charge < -0.3 is 4.74 Å². The Morgan fingerprint density at radius 1 is 1.38 bits per heavy atom. The molecule has 0 aliphatic heterocycles. The zero-order valence-electron chi connectivity index (χ0n) is 7.41. The van der Waals surface area contributed by atoms with Crippen LogP contribution in [0.4, 0.5) is 0 Å². The van der Waals surface area contributed by atoms with E-state index in [-0.39, 0.29) is 5.97 Å². The first-order chi connectivity index (χ1) is 6.33. The first-order valence-electron chi connectivity index (χ1n) is 4.31. The molecule has 0 N–H and O–H groups in total. The summed E-state index contributed by atoms with van der Waals surface area (Å²) in [6, 6.07) is 0. The van der Waals surface area contributed by atoms with Gasteiger partial charge in [0, 0.05) is 0 Å². The van der Waals surface area contributed by atoms with Crippen molar-refractivity contribution in [2.24, 2.45) is 0 Å². The maximum Gasteiger partial charge on any atom is 0.338 e. The van der Waals surface area contributed by atoms with E-state index in [1.165, 1.54) is 0 Å². The van der Waals surface area contributed by atoms with E-state index >= 15 is 0 Å². The molecule has 0 saturated heterocycles. The van der Waals surface area contributed by atoms with Crippen LogP contribution < -0.4 is 0 Å². The Hall–Kier alpha value is -1.57. The van der Waals surface area contributed by atoms with Gasteiger partial charge in [-0.2, -0.15) is 0 Å². The number of fused-ring (bicyclic) bond motifs is 1. The number of carbonyl (C=O) groups is 1. The van der Waals surface area contributed by atoms with Gasteiger partial charge in [0.15, 0.2) is 0 Å². The molecule has 0 bridgehead atoms. The second kappa shape index (κ2) is 3.05. The van der Waals surface area contributed by atoms with E-state index in [2.05, 4.69) is 0 Å². The van der Waals surface area contributed by atoms with Gasteiger partial charge in [-0.15, -0.1) is 0 Å². The number of carbonyl (C=O) groups excluding carboxylic acids is 1. The summed E-state index contributed by atoms with van der Waals surface area (Å²) in [6.45, 7) is 2.23. The summed E-state index contributed by atoms with van der Waals surface area (Å²) in [4.78, 5) is 11.4. The van der Waals surface area contributed by atoms with Crippen molar-refractivity contribution in [1.82, 2.24) is 0 Å². The average molecular weight is 174 g/mol. The molecule has 0 unspecified atom stereocenters. The van der Waals surface area contributed by atoms with Gasteiger partial charge in [0.05, 0.1) is 12.2 Å².